The highest BCUT2D eigenvalue weighted by Crippen LogP contribution is 2.20. The SMILES string of the molecule is CS(=O)(=O)N(Cc1ccc(C(=O)N/N=C/c2ccccc2)cc1)c1ccccc1. The van der Waals surface area contributed by atoms with E-state index in [4.69, 9.17) is 0 Å². The summed E-state index contributed by atoms with van der Waals surface area (Å²) >= 11 is 0. The van der Waals surface area contributed by atoms with Gasteiger partial charge in [0.15, 0.2) is 0 Å². The van der Waals surface area contributed by atoms with Crippen LogP contribution in [0.15, 0.2) is 90.0 Å². The number of rotatable bonds is 7. The van der Waals surface area contributed by atoms with Gasteiger partial charge in [0.05, 0.1) is 24.7 Å². The summed E-state index contributed by atoms with van der Waals surface area (Å²) in [5.41, 5.74) is 5.15. The Labute approximate surface area is 170 Å². The predicted molar refractivity (Wildman–Crippen MR) is 115 cm³/mol. The number of hydrazone groups is 1. The van der Waals surface area contributed by atoms with Gasteiger partial charge < -0.3 is 0 Å². The standard InChI is InChI=1S/C22H21N3O3S/c1-29(27,28)25(21-10-6-3-7-11-21)17-19-12-14-20(15-13-19)22(26)24-23-16-18-8-4-2-5-9-18/h2-16H,17H2,1H3,(H,24,26)/b23-16+. The third kappa shape index (κ3) is 5.76. The van der Waals surface area contributed by atoms with E-state index >= 15 is 0 Å². The van der Waals surface area contributed by atoms with E-state index in [1.54, 1.807) is 54.7 Å². The molecule has 0 saturated carbocycles. The molecule has 6 nitrogen and oxygen atoms in total. The molecule has 0 fully saturated rings. The topological polar surface area (TPSA) is 78.8 Å². The summed E-state index contributed by atoms with van der Waals surface area (Å²) in [7, 11) is -3.45. The molecule has 0 radical (unpaired) electrons. The van der Waals surface area contributed by atoms with Crippen LogP contribution in [0.1, 0.15) is 21.5 Å². The smallest absolute Gasteiger partial charge is 0.267 e. The van der Waals surface area contributed by atoms with Gasteiger partial charge in [-0.2, -0.15) is 5.10 Å². The van der Waals surface area contributed by atoms with Crippen molar-refractivity contribution < 1.29 is 13.2 Å². The molecule has 3 rings (SSSR count). The maximum absolute atomic E-state index is 12.2. The number of sulfonamides is 1. The minimum atomic E-state index is -3.45. The van der Waals surface area contributed by atoms with Gasteiger partial charge >= 0.3 is 0 Å². The van der Waals surface area contributed by atoms with E-state index in [0.29, 0.717) is 11.3 Å². The molecule has 7 heteroatoms. The Bertz CT molecular complexity index is 1080. The zero-order valence-corrected chi connectivity index (χ0v) is 16.7. The molecular formula is C22H21N3O3S. The number of amides is 1. The van der Waals surface area contributed by atoms with Crippen LogP contribution in [0.3, 0.4) is 0 Å². The first-order valence-electron chi connectivity index (χ1n) is 8.93. The minimum absolute atomic E-state index is 0.177. The van der Waals surface area contributed by atoms with E-state index in [1.165, 1.54) is 10.6 Å². The lowest BCUT2D eigenvalue weighted by Gasteiger charge is -2.22. The van der Waals surface area contributed by atoms with Crippen LogP contribution in [-0.2, 0) is 16.6 Å². The van der Waals surface area contributed by atoms with Crippen molar-refractivity contribution in [3.05, 3.63) is 102 Å². The van der Waals surface area contributed by atoms with Gasteiger partial charge in [-0.15, -0.1) is 0 Å². The molecule has 0 atom stereocenters. The third-order valence-electron chi connectivity index (χ3n) is 4.17. The molecule has 1 amide bonds. The second-order valence-corrected chi connectivity index (χ2v) is 8.32. The van der Waals surface area contributed by atoms with Gasteiger partial charge in [-0.05, 0) is 35.4 Å². The molecule has 0 aromatic heterocycles. The van der Waals surface area contributed by atoms with Gasteiger partial charge in [-0.1, -0.05) is 60.7 Å². The fraction of sp³-hybridized carbons (Fsp3) is 0.0909. The van der Waals surface area contributed by atoms with Crippen molar-refractivity contribution in [3.63, 3.8) is 0 Å². The molecule has 0 aliphatic rings. The molecule has 0 unspecified atom stereocenters. The Morgan fingerprint density at radius 3 is 2.10 bits per heavy atom. The van der Waals surface area contributed by atoms with Gasteiger partial charge in [-0.3, -0.25) is 9.10 Å². The number of nitrogens with zero attached hydrogens (tertiary/aromatic N) is 2. The Kier molecular flexibility index (Phi) is 6.41. The van der Waals surface area contributed by atoms with Crippen LogP contribution in [0.2, 0.25) is 0 Å². The van der Waals surface area contributed by atoms with E-state index in [0.717, 1.165) is 11.1 Å². The van der Waals surface area contributed by atoms with Crippen LogP contribution < -0.4 is 9.73 Å². The predicted octanol–water partition coefficient (Wildman–Crippen LogP) is 3.42. The molecule has 1 N–H and O–H groups in total. The highest BCUT2D eigenvalue weighted by molar-refractivity contribution is 7.92. The number of para-hydroxylation sites is 1. The third-order valence-corrected chi connectivity index (χ3v) is 5.31. The second kappa shape index (κ2) is 9.16. The Morgan fingerprint density at radius 1 is 0.931 bits per heavy atom. The lowest BCUT2D eigenvalue weighted by molar-refractivity contribution is 0.0955. The van der Waals surface area contributed by atoms with Crippen molar-refractivity contribution in [2.75, 3.05) is 10.6 Å². The van der Waals surface area contributed by atoms with Crippen molar-refractivity contribution >= 4 is 27.8 Å². The van der Waals surface area contributed by atoms with Crippen molar-refractivity contribution in [2.45, 2.75) is 6.54 Å². The number of hydrogen-bond donors (Lipinski definition) is 1. The van der Waals surface area contributed by atoms with Crippen molar-refractivity contribution in [3.8, 4) is 0 Å². The molecule has 3 aromatic carbocycles. The first-order valence-corrected chi connectivity index (χ1v) is 10.8. The Balaban J connectivity index is 1.67. The fourth-order valence-electron chi connectivity index (χ4n) is 2.69. The number of carbonyl (C=O) groups excluding carboxylic acids is 1. The maximum Gasteiger partial charge on any atom is 0.271 e. The molecule has 3 aromatic rings. The highest BCUT2D eigenvalue weighted by atomic mass is 32.2. The highest BCUT2D eigenvalue weighted by Gasteiger charge is 2.17. The number of carbonyl (C=O) groups is 1. The van der Waals surface area contributed by atoms with Crippen LogP contribution in [-0.4, -0.2) is 26.8 Å². The Morgan fingerprint density at radius 2 is 1.52 bits per heavy atom. The summed E-state index contributed by atoms with van der Waals surface area (Å²) in [4.78, 5) is 12.2. The number of hydrogen-bond acceptors (Lipinski definition) is 4. The number of anilines is 1. The summed E-state index contributed by atoms with van der Waals surface area (Å²) in [6.07, 6.45) is 2.74. The van der Waals surface area contributed by atoms with Gasteiger partial charge in [0.25, 0.3) is 5.91 Å². The average Bonchev–Trinajstić information content (AvgIpc) is 2.73. The number of benzene rings is 3. The van der Waals surface area contributed by atoms with Gasteiger partial charge in [0.1, 0.15) is 0 Å². The Hall–Kier alpha value is -3.45. The largest absolute Gasteiger partial charge is 0.271 e. The summed E-state index contributed by atoms with van der Waals surface area (Å²) in [6.45, 7) is 0.177. The zero-order valence-electron chi connectivity index (χ0n) is 15.9. The molecule has 0 bridgehead atoms. The molecule has 29 heavy (non-hydrogen) atoms. The lowest BCUT2D eigenvalue weighted by atomic mass is 10.1. The van der Waals surface area contributed by atoms with E-state index in [9.17, 15) is 13.2 Å². The molecule has 0 aliphatic heterocycles. The van der Waals surface area contributed by atoms with Crippen LogP contribution in [0.25, 0.3) is 0 Å². The first kappa shape index (κ1) is 20.3. The van der Waals surface area contributed by atoms with E-state index in [1.807, 2.05) is 36.4 Å². The van der Waals surface area contributed by atoms with Crippen LogP contribution in [0, 0.1) is 0 Å². The quantitative estimate of drug-likeness (QED) is 0.481. The van der Waals surface area contributed by atoms with Gasteiger partial charge in [-0.25, -0.2) is 13.8 Å². The fourth-order valence-corrected chi connectivity index (χ4v) is 3.58. The molecule has 148 valence electrons. The normalized spacial score (nSPS) is 11.3. The average molecular weight is 407 g/mol. The first-order chi connectivity index (χ1) is 13.9. The van der Waals surface area contributed by atoms with Gasteiger partial charge in [0, 0.05) is 5.56 Å². The lowest BCUT2D eigenvalue weighted by Crippen LogP contribution is -2.29. The molecule has 0 saturated heterocycles. The molecule has 0 aliphatic carbocycles. The molecular weight excluding hydrogens is 386 g/mol. The van der Waals surface area contributed by atoms with E-state index in [-0.39, 0.29) is 12.5 Å². The van der Waals surface area contributed by atoms with Crippen molar-refractivity contribution in [2.24, 2.45) is 5.10 Å². The maximum atomic E-state index is 12.2. The summed E-state index contributed by atoms with van der Waals surface area (Å²) in [5, 5.41) is 3.95. The summed E-state index contributed by atoms with van der Waals surface area (Å²) < 4.78 is 25.7. The second-order valence-electron chi connectivity index (χ2n) is 6.41. The van der Waals surface area contributed by atoms with Crippen LogP contribution >= 0.6 is 0 Å². The minimum Gasteiger partial charge on any atom is -0.267 e. The summed E-state index contributed by atoms with van der Waals surface area (Å²) in [5.74, 6) is -0.341. The summed E-state index contributed by atoms with van der Waals surface area (Å²) in [6, 6.07) is 25.1. The van der Waals surface area contributed by atoms with Crippen molar-refractivity contribution in [1.82, 2.24) is 5.43 Å². The molecule has 0 heterocycles. The van der Waals surface area contributed by atoms with E-state index < -0.39 is 10.0 Å². The van der Waals surface area contributed by atoms with Crippen molar-refractivity contribution in [1.29, 1.82) is 0 Å². The van der Waals surface area contributed by atoms with Crippen LogP contribution in [0.5, 0.6) is 0 Å². The number of nitrogens with one attached hydrogen (secondary N) is 1. The monoisotopic (exact) mass is 407 g/mol. The van der Waals surface area contributed by atoms with Crippen LogP contribution in [0.4, 0.5) is 5.69 Å². The van der Waals surface area contributed by atoms with E-state index in [2.05, 4.69) is 10.5 Å². The zero-order chi connectivity index (χ0) is 20.7. The molecule has 0 spiro atoms. The van der Waals surface area contributed by atoms with Gasteiger partial charge in [0.2, 0.25) is 10.0 Å².